The van der Waals surface area contributed by atoms with Crippen molar-refractivity contribution in [1.29, 1.82) is 0 Å². The predicted molar refractivity (Wildman–Crippen MR) is 72.3 cm³/mol. The first-order valence-corrected chi connectivity index (χ1v) is 6.62. The quantitative estimate of drug-likeness (QED) is 0.899. The standard InChI is InChI=1S/C15H16FN3/c16-13-3-1-11(2-4-13)14-7-10-18-15(19-14)12-5-8-17-9-6-12/h1-4,7,10,12,17H,5-6,8-9H2. The fourth-order valence-corrected chi connectivity index (χ4v) is 2.43. The van der Waals surface area contributed by atoms with Crippen LogP contribution >= 0.6 is 0 Å². The molecule has 2 heterocycles. The van der Waals surface area contributed by atoms with Crippen LogP contribution in [0.4, 0.5) is 4.39 Å². The molecule has 1 aliphatic heterocycles. The third-order valence-corrected chi connectivity index (χ3v) is 3.52. The number of hydrogen-bond acceptors (Lipinski definition) is 3. The Morgan fingerprint density at radius 1 is 1.05 bits per heavy atom. The van der Waals surface area contributed by atoms with E-state index in [9.17, 15) is 4.39 Å². The summed E-state index contributed by atoms with van der Waals surface area (Å²) in [5.41, 5.74) is 1.79. The van der Waals surface area contributed by atoms with Gasteiger partial charge in [-0.05, 0) is 56.3 Å². The summed E-state index contributed by atoms with van der Waals surface area (Å²) in [5.74, 6) is 1.11. The number of piperidine rings is 1. The Labute approximate surface area is 111 Å². The van der Waals surface area contributed by atoms with E-state index in [-0.39, 0.29) is 5.82 Å². The summed E-state index contributed by atoms with van der Waals surface area (Å²) in [6.07, 6.45) is 3.95. The van der Waals surface area contributed by atoms with E-state index < -0.39 is 0 Å². The molecule has 0 amide bonds. The number of hydrogen-bond donors (Lipinski definition) is 1. The van der Waals surface area contributed by atoms with Gasteiger partial charge in [-0.15, -0.1) is 0 Å². The number of nitrogens with zero attached hydrogens (tertiary/aromatic N) is 2. The van der Waals surface area contributed by atoms with Crippen LogP contribution < -0.4 is 5.32 Å². The summed E-state index contributed by atoms with van der Waals surface area (Å²) in [6, 6.07) is 8.30. The average molecular weight is 257 g/mol. The molecule has 4 heteroatoms. The Bertz CT molecular complexity index is 548. The Morgan fingerprint density at radius 2 is 1.79 bits per heavy atom. The van der Waals surface area contributed by atoms with E-state index in [1.54, 1.807) is 18.3 Å². The monoisotopic (exact) mass is 257 g/mol. The molecule has 1 saturated heterocycles. The third kappa shape index (κ3) is 2.79. The van der Waals surface area contributed by atoms with Crippen molar-refractivity contribution in [3.63, 3.8) is 0 Å². The highest BCUT2D eigenvalue weighted by Gasteiger charge is 2.18. The van der Waals surface area contributed by atoms with Crippen molar-refractivity contribution in [1.82, 2.24) is 15.3 Å². The molecule has 1 N–H and O–H groups in total. The van der Waals surface area contributed by atoms with E-state index in [2.05, 4.69) is 15.3 Å². The lowest BCUT2D eigenvalue weighted by molar-refractivity contribution is 0.445. The van der Waals surface area contributed by atoms with Crippen LogP contribution in [-0.2, 0) is 0 Å². The Balaban J connectivity index is 1.88. The number of rotatable bonds is 2. The van der Waals surface area contributed by atoms with E-state index in [0.29, 0.717) is 5.92 Å². The van der Waals surface area contributed by atoms with Gasteiger partial charge in [0.2, 0.25) is 0 Å². The van der Waals surface area contributed by atoms with Gasteiger partial charge in [-0.25, -0.2) is 14.4 Å². The first kappa shape index (κ1) is 12.2. The molecule has 0 radical (unpaired) electrons. The Morgan fingerprint density at radius 3 is 2.53 bits per heavy atom. The Kier molecular flexibility index (Phi) is 3.51. The van der Waals surface area contributed by atoms with Crippen LogP contribution in [0.2, 0.25) is 0 Å². The van der Waals surface area contributed by atoms with Crippen LogP contribution in [0.25, 0.3) is 11.3 Å². The smallest absolute Gasteiger partial charge is 0.132 e. The summed E-state index contributed by atoms with van der Waals surface area (Å²) in [4.78, 5) is 9.03. The zero-order chi connectivity index (χ0) is 13.1. The number of aromatic nitrogens is 2. The van der Waals surface area contributed by atoms with Gasteiger partial charge in [0.1, 0.15) is 11.6 Å². The van der Waals surface area contributed by atoms with Crippen LogP contribution in [-0.4, -0.2) is 23.1 Å². The summed E-state index contributed by atoms with van der Waals surface area (Å²) in [5, 5.41) is 3.34. The molecule has 1 aromatic heterocycles. The first-order valence-electron chi connectivity index (χ1n) is 6.62. The lowest BCUT2D eigenvalue weighted by Gasteiger charge is -2.21. The second-order valence-electron chi connectivity index (χ2n) is 4.83. The molecular weight excluding hydrogens is 241 g/mol. The molecule has 0 bridgehead atoms. The van der Waals surface area contributed by atoms with Crippen molar-refractivity contribution >= 4 is 0 Å². The molecule has 0 aliphatic carbocycles. The minimum Gasteiger partial charge on any atom is -0.317 e. The first-order chi connectivity index (χ1) is 9.33. The zero-order valence-corrected chi connectivity index (χ0v) is 10.6. The maximum Gasteiger partial charge on any atom is 0.132 e. The highest BCUT2D eigenvalue weighted by Crippen LogP contribution is 2.24. The molecule has 1 aliphatic rings. The topological polar surface area (TPSA) is 37.8 Å². The number of halogens is 1. The van der Waals surface area contributed by atoms with E-state index in [1.165, 1.54) is 12.1 Å². The molecule has 1 fully saturated rings. The SMILES string of the molecule is Fc1ccc(-c2ccnc(C3CCNCC3)n2)cc1. The van der Waals surface area contributed by atoms with Crippen molar-refractivity contribution < 1.29 is 4.39 Å². The lowest BCUT2D eigenvalue weighted by Crippen LogP contribution is -2.27. The largest absolute Gasteiger partial charge is 0.317 e. The number of nitrogens with one attached hydrogen (secondary N) is 1. The highest BCUT2D eigenvalue weighted by molar-refractivity contribution is 5.58. The van der Waals surface area contributed by atoms with Crippen molar-refractivity contribution in [2.45, 2.75) is 18.8 Å². The molecular formula is C15H16FN3. The fourth-order valence-electron chi connectivity index (χ4n) is 2.43. The maximum absolute atomic E-state index is 12.9. The van der Waals surface area contributed by atoms with Crippen molar-refractivity contribution in [3.8, 4) is 11.3 Å². The van der Waals surface area contributed by atoms with Gasteiger partial charge in [0.25, 0.3) is 0 Å². The number of benzene rings is 1. The van der Waals surface area contributed by atoms with Gasteiger partial charge in [0, 0.05) is 17.7 Å². The molecule has 2 aromatic rings. The van der Waals surface area contributed by atoms with Gasteiger partial charge in [-0.2, -0.15) is 0 Å². The summed E-state index contributed by atoms with van der Waals surface area (Å²) in [6.45, 7) is 2.05. The van der Waals surface area contributed by atoms with E-state index in [4.69, 9.17) is 0 Å². The van der Waals surface area contributed by atoms with Gasteiger partial charge < -0.3 is 5.32 Å². The normalized spacial score (nSPS) is 16.5. The minimum absolute atomic E-state index is 0.226. The fraction of sp³-hybridized carbons (Fsp3) is 0.333. The van der Waals surface area contributed by atoms with Gasteiger partial charge in [0.05, 0.1) is 5.69 Å². The zero-order valence-electron chi connectivity index (χ0n) is 10.6. The molecule has 3 rings (SSSR count). The predicted octanol–water partition coefficient (Wildman–Crippen LogP) is 2.75. The van der Waals surface area contributed by atoms with Crippen LogP contribution in [0.15, 0.2) is 36.5 Å². The molecule has 0 unspecified atom stereocenters. The van der Waals surface area contributed by atoms with Crippen LogP contribution in [0.5, 0.6) is 0 Å². The summed E-state index contributed by atoms with van der Waals surface area (Å²) in [7, 11) is 0. The van der Waals surface area contributed by atoms with Gasteiger partial charge in [0.15, 0.2) is 0 Å². The van der Waals surface area contributed by atoms with Gasteiger partial charge >= 0.3 is 0 Å². The van der Waals surface area contributed by atoms with Gasteiger partial charge in [-0.3, -0.25) is 0 Å². The summed E-state index contributed by atoms with van der Waals surface area (Å²) >= 11 is 0. The van der Waals surface area contributed by atoms with Crippen LogP contribution in [0, 0.1) is 5.82 Å². The minimum atomic E-state index is -0.226. The highest BCUT2D eigenvalue weighted by atomic mass is 19.1. The third-order valence-electron chi connectivity index (χ3n) is 3.52. The van der Waals surface area contributed by atoms with Gasteiger partial charge in [-0.1, -0.05) is 0 Å². The van der Waals surface area contributed by atoms with Crippen molar-refractivity contribution in [2.75, 3.05) is 13.1 Å². The van der Waals surface area contributed by atoms with Crippen molar-refractivity contribution in [2.24, 2.45) is 0 Å². The molecule has 19 heavy (non-hydrogen) atoms. The molecule has 0 spiro atoms. The second kappa shape index (κ2) is 5.45. The molecule has 0 atom stereocenters. The van der Waals surface area contributed by atoms with E-state index in [0.717, 1.165) is 43.0 Å². The molecule has 3 nitrogen and oxygen atoms in total. The molecule has 1 aromatic carbocycles. The average Bonchev–Trinajstić information content (AvgIpc) is 2.49. The maximum atomic E-state index is 12.9. The van der Waals surface area contributed by atoms with Crippen molar-refractivity contribution in [3.05, 3.63) is 48.2 Å². The molecule has 98 valence electrons. The van der Waals surface area contributed by atoms with Crippen LogP contribution in [0.1, 0.15) is 24.6 Å². The van der Waals surface area contributed by atoms with E-state index in [1.807, 2.05) is 6.07 Å². The Hall–Kier alpha value is -1.81. The second-order valence-corrected chi connectivity index (χ2v) is 4.83. The summed E-state index contributed by atoms with van der Waals surface area (Å²) < 4.78 is 12.9. The van der Waals surface area contributed by atoms with Crippen LogP contribution in [0.3, 0.4) is 0 Å². The molecule has 0 saturated carbocycles. The van der Waals surface area contributed by atoms with E-state index >= 15 is 0 Å². The lowest BCUT2D eigenvalue weighted by atomic mass is 9.97.